The topological polar surface area (TPSA) is 80.2 Å². The Balaban J connectivity index is 1.72. The first-order chi connectivity index (χ1) is 14.9. The average molecular weight is 569 g/mol. The molecule has 1 amide bonds. The van der Waals surface area contributed by atoms with E-state index < -0.39 is 5.91 Å². The first-order valence-electron chi connectivity index (χ1n) is 8.94. The van der Waals surface area contributed by atoms with Crippen molar-refractivity contribution < 1.29 is 19.4 Å². The lowest BCUT2D eigenvalue weighted by Gasteiger charge is -2.14. The molecule has 0 spiro atoms. The summed E-state index contributed by atoms with van der Waals surface area (Å²) in [5.74, 6) is 0.322. The Bertz CT molecular complexity index is 1140. The molecule has 0 aromatic heterocycles. The zero-order valence-corrected chi connectivity index (χ0v) is 20.2. The van der Waals surface area contributed by atoms with Gasteiger partial charge in [-0.1, -0.05) is 45.7 Å². The van der Waals surface area contributed by atoms with Crippen molar-refractivity contribution in [3.05, 3.63) is 85.3 Å². The van der Waals surface area contributed by atoms with Crippen molar-refractivity contribution in [2.24, 2.45) is 5.10 Å². The summed E-state index contributed by atoms with van der Waals surface area (Å²) in [6.45, 7) is 0.272. The standard InChI is InChI=1S/C22H17Br2ClN2O4/c1-30-20-9-13(11-26-27-22(29)16-10-15(23)6-7-19(16)28)8-17(24)21(20)31-12-14-4-2-3-5-18(14)25/h2-11,28H,12H2,1H3,(H,27,29)/b26-11-. The lowest BCUT2D eigenvalue weighted by Crippen LogP contribution is -2.17. The van der Waals surface area contributed by atoms with Crippen molar-refractivity contribution in [2.45, 2.75) is 6.61 Å². The molecule has 0 aliphatic rings. The van der Waals surface area contributed by atoms with Gasteiger partial charge in [-0.2, -0.15) is 5.10 Å². The largest absolute Gasteiger partial charge is 0.507 e. The van der Waals surface area contributed by atoms with E-state index in [2.05, 4.69) is 42.4 Å². The number of nitrogens with one attached hydrogen (secondary N) is 1. The summed E-state index contributed by atoms with van der Waals surface area (Å²) in [5, 5.41) is 14.4. The van der Waals surface area contributed by atoms with E-state index in [-0.39, 0.29) is 17.9 Å². The fraction of sp³-hybridized carbons (Fsp3) is 0.0909. The van der Waals surface area contributed by atoms with Gasteiger partial charge in [0.25, 0.3) is 5.91 Å². The van der Waals surface area contributed by atoms with Crippen LogP contribution in [-0.4, -0.2) is 24.3 Å². The number of hydrogen-bond donors (Lipinski definition) is 2. The molecule has 31 heavy (non-hydrogen) atoms. The molecule has 0 fully saturated rings. The van der Waals surface area contributed by atoms with Crippen LogP contribution in [0.4, 0.5) is 0 Å². The lowest BCUT2D eigenvalue weighted by atomic mass is 10.2. The van der Waals surface area contributed by atoms with Crippen LogP contribution in [0, 0.1) is 0 Å². The van der Waals surface area contributed by atoms with Gasteiger partial charge >= 0.3 is 0 Å². The van der Waals surface area contributed by atoms with Crippen LogP contribution >= 0.6 is 43.5 Å². The number of phenolic OH excluding ortho intramolecular Hbond substituents is 1. The number of nitrogens with zero attached hydrogens (tertiary/aromatic N) is 1. The molecule has 0 radical (unpaired) electrons. The molecule has 0 bridgehead atoms. The van der Waals surface area contributed by atoms with E-state index in [4.69, 9.17) is 21.1 Å². The zero-order chi connectivity index (χ0) is 22.4. The van der Waals surface area contributed by atoms with Crippen LogP contribution in [0.15, 0.2) is 68.6 Å². The van der Waals surface area contributed by atoms with Crippen LogP contribution < -0.4 is 14.9 Å². The molecule has 0 aliphatic heterocycles. The Morgan fingerprint density at radius 2 is 1.97 bits per heavy atom. The Kier molecular flexibility index (Phi) is 7.95. The fourth-order valence-electron chi connectivity index (χ4n) is 2.64. The highest BCUT2D eigenvalue weighted by atomic mass is 79.9. The molecule has 0 unspecified atom stereocenters. The van der Waals surface area contributed by atoms with Gasteiger partial charge in [-0.15, -0.1) is 0 Å². The Hall–Kier alpha value is -2.55. The highest BCUT2D eigenvalue weighted by molar-refractivity contribution is 9.10. The molecule has 0 aliphatic carbocycles. The van der Waals surface area contributed by atoms with Gasteiger partial charge in [0.15, 0.2) is 11.5 Å². The smallest absolute Gasteiger partial charge is 0.275 e. The maximum absolute atomic E-state index is 12.2. The number of methoxy groups -OCH3 is 1. The van der Waals surface area contributed by atoms with Crippen molar-refractivity contribution in [1.82, 2.24) is 5.43 Å². The van der Waals surface area contributed by atoms with Gasteiger partial charge in [0.2, 0.25) is 0 Å². The van der Waals surface area contributed by atoms with Gasteiger partial charge in [-0.3, -0.25) is 4.79 Å². The summed E-state index contributed by atoms with van der Waals surface area (Å²) in [7, 11) is 1.53. The minimum absolute atomic E-state index is 0.105. The van der Waals surface area contributed by atoms with Crippen LogP contribution in [0.5, 0.6) is 17.2 Å². The number of aromatic hydroxyl groups is 1. The second-order valence-electron chi connectivity index (χ2n) is 6.27. The van der Waals surface area contributed by atoms with E-state index in [1.54, 1.807) is 24.3 Å². The summed E-state index contributed by atoms with van der Waals surface area (Å²) in [4.78, 5) is 12.2. The second kappa shape index (κ2) is 10.7. The minimum atomic E-state index is -0.541. The van der Waals surface area contributed by atoms with Gasteiger partial charge in [-0.05, 0) is 57.9 Å². The van der Waals surface area contributed by atoms with E-state index >= 15 is 0 Å². The Morgan fingerprint density at radius 1 is 1.19 bits per heavy atom. The number of ether oxygens (including phenoxy) is 2. The number of halogens is 3. The van der Waals surface area contributed by atoms with E-state index in [1.165, 1.54) is 25.5 Å². The summed E-state index contributed by atoms with van der Waals surface area (Å²) in [6, 6.07) is 15.5. The third kappa shape index (κ3) is 6.00. The molecular formula is C22H17Br2ClN2O4. The van der Waals surface area contributed by atoms with E-state index in [0.29, 0.717) is 31.0 Å². The van der Waals surface area contributed by atoms with Gasteiger partial charge in [0, 0.05) is 15.1 Å². The van der Waals surface area contributed by atoms with Crippen molar-refractivity contribution in [3.63, 3.8) is 0 Å². The predicted octanol–water partition coefficient (Wildman–Crippen LogP) is 5.92. The SMILES string of the molecule is COc1cc(/C=N\NC(=O)c2cc(Br)ccc2O)cc(Br)c1OCc1ccccc1Cl. The summed E-state index contributed by atoms with van der Waals surface area (Å²) in [5.41, 5.74) is 4.00. The fourth-order valence-corrected chi connectivity index (χ4v) is 3.76. The minimum Gasteiger partial charge on any atom is -0.507 e. The molecule has 3 rings (SSSR count). The summed E-state index contributed by atoms with van der Waals surface area (Å²) < 4.78 is 12.7. The molecule has 0 saturated heterocycles. The Morgan fingerprint density at radius 3 is 2.71 bits per heavy atom. The molecule has 0 heterocycles. The number of hydrogen-bond acceptors (Lipinski definition) is 5. The van der Waals surface area contributed by atoms with Crippen molar-refractivity contribution in [3.8, 4) is 17.2 Å². The second-order valence-corrected chi connectivity index (χ2v) is 8.45. The molecule has 6 nitrogen and oxygen atoms in total. The summed E-state index contributed by atoms with van der Waals surface area (Å²) in [6.07, 6.45) is 1.46. The van der Waals surface area contributed by atoms with Crippen LogP contribution in [0.2, 0.25) is 5.02 Å². The number of benzene rings is 3. The van der Waals surface area contributed by atoms with Crippen molar-refractivity contribution in [2.75, 3.05) is 7.11 Å². The molecule has 9 heteroatoms. The third-order valence-corrected chi connectivity index (χ3v) is 5.62. The lowest BCUT2D eigenvalue weighted by molar-refractivity contribution is 0.0952. The van der Waals surface area contributed by atoms with Gasteiger partial charge in [0.05, 0.1) is 23.4 Å². The molecular weight excluding hydrogens is 552 g/mol. The highest BCUT2D eigenvalue weighted by Gasteiger charge is 2.13. The van der Waals surface area contributed by atoms with Gasteiger partial charge in [-0.25, -0.2) is 5.43 Å². The van der Waals surface area contributed by atoms with Crippen molar-refractivity contribution >= 4 is 55.6 Å². The van der Waals surface area contributed by atoms with Gasteiger partial charge < -0.3 is 14.6 Å². The maximum Gasteiger partial charge on any atom is 0.275 e. The van der Waals surface area contributed by atoms with Crippen LogP contribution in [0.25, 0.3) is 0 Å². The quantitative estimate of drug-likeness (QED) is 0.274. The third-order valence-electron chi connectivity index (χ3n) is 4.16. The number of rotatable bonds is 7. The Labute approximate surface area is 201 Å². The molecule has 3 aromatic rings. The van der Waals surface area contributed by atoms with Crippen LogP contribution in [0.1, 0.15) is 21.5 Å². The number of phenols is 1. The molecule has 0 atom stereocenters. The van der Waals surface area contributed by atoms with E-state index in [9.17, 15) is 9.90 Å². The van der Waals surface area contributed by atoms with Gasteiger partial charge in [0.1, 0.15) is 12.4 Å². The average Bonchev–Trinajstić information content (AvgIpc) is 2.75. The number of carbonyl (C=O) groups is 1. The van der Waals surface area contributed by atoms with Crippen LogP contribution in [0.3, 0.4) is 0 Å². The normalized spacial score (nSPS) is 10.8. The molecule has 3 aromatic carbocycles. The summed E-state index contributed by atoms with van der Waals surface area (Å²) >= 11 is 12.9. The number of amides is 1. The first kappa shape index (κ1) is 23.1. The van der Waals surface area contributed by atoms with Crippen LogP contribution in [-0.2, 0) is 6.61 Å². The zero-order valence-electron chi connectivity index (χ0n) is 16.2. The predicted molar refractivity (Wildman–Crippen MR) is 127 cm³/mol. The molecule has 0 saturated carbocycles. The molecule has 2 N–H and O–H groups in total. The van der Waals surface area contributed by atoms with E-state index in [0.717, 1.165) is 5.56 Å². The monoisotopic (exact) mass is 566 g/mol. The van der Waals surface area contributed by atoms with E-state index in [1.807, 2.05) is 18.2 Å². The first-order valence-corrected chi connectivity index (χ1v) is 10.9. The molecule has 160 valence electrons. The number of carbonyl (C=O) groups excluding carboxylic acids is 1. The maximum atomic E-state index is 12.2. The highest BCUT2D eigenvalue weighted by Crippen LogP contribution is 2.37. The van der Waals surface area contributed by atoms with Crippen molar-refractivity contribution in [1.29, 1.82) is 0 Å². The number of hydrazone groups is 1.